The molecule has 28 heavy (non-hydrogen) atoms. The van der Waals surface area contributed by atoms with Crippen LogP contribution in [0.5, 0.6) is 11.5 Å². The Kier molecular flexibility index (Phi) is 7.63. The summed E-state index contributed by atoms with van der Waals surface area (Å²) < 4.78 is 29.2. The fraction of sp³-hybridized carbons (Fsp3) is 0.300. The van der Waals surface area contributed by atoms with Gasteiger partial charge in [0.2, 0.25) is 0 Å². The third-order valence-electron chi connectivity index (χ3n) is 3.93. The number of carbonyl (C=O) groups excluding carboxylic acids is 2. The Hall–Kier alpha value is -2.80. The normalized spacial score (nSPS) is 11.5. The second-order valence-electron chi connectivity index (χ2n) is 5.93. The number of esters is 1. The molecule has 0 saturated carbocycles. The van der Waals surface area contributed by atoms with E-state index in [1.54, 1.807) is 12.1 Å². The number of carbonyl (C=O) groups is 2. The van der Waals surface area contributed by atoms with Gasteiger partial charge in [-0.2, -0.15) is 0 Å². The third kappa shape index (κ3) is 5.85. The highest BCUT2D eigenvalue weighted by Crippen LogP contribution is 2.28. The molecule has 0 aliphatic rings. The summed E-state index contributed by atoms with van der Waals surface area (Å²) in [5, 5.41) is 2.58. The van der Waals surface area contributed by atoms with Gasteiger partial charge in [0.05, 0.1) is 19.9 Å². The lowest BCUT2D eigenvalue weighted by atomic mass is 10.1. The Morgan fingerprint density at radius 2 is 1.82 bits per heavy atom. The van der Waals surface area contributed by atoms with Crippen molar-refractivity contribution in [2.45, 2.75) is 25.9 Å². The van der Waals surface area contributed by atoms with Crippen LogP contribution in [-0.2, 0) is 20.7 Å². The SMILES string of the molecule is COc1ccc(CCC(=O)OC(C)C(=O)Nc2ccc(Cl)cc2F)cc1OC. The molecule has 0 aliphatic carbocycles. The number of anilines is 1. The van der Waals surface area contributed by atoms with Crippen LogP contribution in [0.4, 0.5) is 10.1 Å². The number of rotatable bonds is 8. The molecule has 8 heteroatoms. The van der Waals surface area contributed by atoms with Crippen LogP contribution in [0.3, 0.4) is 0 Å². The molecule has 0 aromatic heterocycles. The molecular formula is C20H21ClFNO5. The van der Waals surface area contributed by atoms with E-state index in [0.29, 0.717) is 17.9 Å². The maximum atomic E-state index is 13.7. The van der Waals surface area contributed by atoms with Gasteiger partial charge in [0.25, 0.3) is 5.91 Å². The zero-order valence-corrected chi connectivity index (χ0v) is 16.5. The summed E-state index contributed by atoms with van der Waals surface area (Å²) >= 11 is 5.67. The van der Waals surface area contributed by atoms with E-state index in [1.807, 2.05) is 6.07 Å². The lowest BCUT2D eigenvalue weighted by Crippen LogP contribution is -2.30. The molecule has 0 fully saturated rings. The van der Waals surface area contributed by atoms with Gasteiger partial charge < -0.3 is 19.5 Å². The molecule has 0 heterocycles. The molecule has 2 aromatic carbocycles. The molecule has 0 bridgehead atoms. The van der Waals surface area contributed by atoms with E-state index in [4.69, 9.17) is 25.8 Å². The van der Waals surface area contributed by atoms with E-state index >= 15 is 0 Å². The summed E-state index contributed by atoms with van der Waals surface area (Å²) in [7, 11) is 3.07. The first-order valence-corrected chi connectivity index (χ1v) is 8.88. The number of amides is 1. The van der Waals surface area contributed by atoms with Crippen LogP contribution in [0.15, 0.2) is 36.4 Å². The van der Waals surface area contributed by atoms with Gasteiger partial charge in [-0.05, 0) is 49.2 Å². The molecule has 1 unspecified atom stereocenters. The van der Waals surface area contributed by atoms with Gasteiger partial charge >= 0.3 is 5.97 Å². The Labute approximate surface area is 167 Å². The first-order chi connectivity index (χ1) is 13.3. The molecular weight excluding hydrogens is 389 g/mol. The summed E-state index contributed by atoms with van der Waals surface area (Å²) in [6.07, 6.45) is -0.602. The van der Waals surface area contributed by atoms with Crippen molar-refractivity contribution < 1.29 is 28.2 Å². The molecule has 0 saturated heterocycles. The van der Waals surface area contributed by atoms with Crippen molar-refractivity contribution in [1.82, 2.24) is 0 Å². The molecule has 6 nitrogen and oxygen atoms in total. The predicted molar refractivity (Wildman–Crippen MR) is 103 cm³/mol. The summed E-state index contributed by atoms with van der Waals surface area (Å²) in [6, 6.07) is 9.19. The third-order valence-corrected chi connectivity index (χ3v) is 4.17. The van der Waals surface area contributed by atoms with Crippen LogP contribution >= 0.6 is 11.6 Å². The number of aryl methyl sites for hydroxylation is 1. The highest BCUT2D eigenvalue weighted by atomic mass is 35.5. The molecule has 0 spiro atoms. The van der Waals surface area contributed by atoms with Gasteiger partial charge in [-0.25, -0.2) is 4.39 Å². The Morgan fingerprint density at radius 3 is 2.46 bits per heavy atom. The quantitative estimate of drug-likeness (QED) is 0.667. The highest BCUT2D eigenvalue weighted by molar-refractivity contribution is 6.30. The zero-order chi connectivity index (χ0) is 20.7. The number of nitrogens with one attached hydrogen (secondary N) is 1. The first kappa shape index (κ1) is 21.5. The summed E-state index contributed by atoms with van der Waals surface area (Å²) in [4.78, 5) is 24.1. The van der Waals surface area contributed by atoms with Crippen LogP contribution in [-0.4, -0.2) is 32.2 Å². The standard InChI is InChI=1S/C20H21ClFNO5/c1-12(20(25)23-16-7-6-14(21)11-15(16)22)28-19(24)9-5-13-4-8-17(26-2)18(10-13)27-3/h4,6-8,10-12H,5,9H2,1-3H3,(H,23,25). The van der Waals surface area contributed by atoms with Gasteiger partial charge in [-0.1, -0.05) is 17.7 Å². The predicted octanol–water partition coefficient (Wildman–Crippen LogP) is 4.00. The molecule has 0 aliphatic heterocycles. The molecule has 2 rings (SSSR count). The Bertz CT molecular complexity index is 858. The van der Waals surface area contributed by atoms with Crippen LogP contribution in [0, 0.1) is 5.82 Å². The van der Waals surface area contributed by atoms with Gasteiger partial charge in [-0.3, -0.25) is 9.59 Å². The average molecular weight is 410 g/mol. The van der Waals surface area contributed by atoms with E-state index in [1.165, 1.54) is 33.3 Å². The van der Waals surface area contributed by atoms with Gasteiger partial charge in [0.15, 0.2) is 17.6 Å². The maximum Gasteiger partial charge on any atom is 0.306 e. The Balaban J connectivity index is 1.87. The number of methoxy groups -OCH3 is 2. The van der Waals surface area contributed by atoms with Crippen LogP contribution in [0.1, 0.15) is 18.9 Å². The number of halogens is 2. The first-order valence-electron chi connectivity index (χ1n) is 8.50. The van der Waals surface area contributed by atoms with Crippen molar-refractivity contribution in [3.8, 4) is 11.5 Å². The van der Waals surface area contributed by atoms with Crippen LogP contribution in [0.25, 0.3) is 0 Å². The van der Waals surface area contributed by atoms with Crippen molar-refractivity contribution >= 4 is 29.2 Å². The molecule has 1 N–H and O–H groups in total. The van der Waals surface area contributed by atoms with Gasteiger partial charge in [0, 0.05) is 11.4 Å². The molecule has 150 valence electrons. The van der Waals surface area contributed by atoms with E-state index < -0.39 is 23.8 Å². The van der Waals surface area contributed by atoms with Gasteiger partial charge in [-0.15, -0.1) is 0 Å². The molecule has 2 aromatic rings. The van der Waals surface area contributed by atoms with Gasteiger partial charge in [0.1, 0.15) is 5.82 Å². The molecule has 1 amide bonds. The van der Waals surface area contributed by atoms with Crippen molar-refractivity contribution in [3.05, 3.63) is 52.8 Å². The van der Waals surface area contributed by atoms with E-state index in [2.05, 4.69) is 5.32 Å². The Morgan fingerprint density at radius 1 is 1.11 bits per heavy atom. The fourth-order valence-electron chi connectivity index (χ4n) is 2.42. The summed E-state index contributed by atoms with van der Waals surface area (Å²) in [5.74, 6) is -0.706. The lowest BCUT2D eigenvalue weighted by molar-refractivity contribution is -0.153. The lowest BCUT2D eigenvalue weighted by Gasteiger charge is -2.14. The molecule has 0 radical (unpaired) electrons. The number of hydrogen-bond donors (Lipinski definition) is 1. The highest BCUT2D eigenvalue weighted by Gasteiger charge is 2.19. The maximum absolute atomic E-state index is 13.7. The van der Waals surface area contributed by atoms with Crippen molar-refractivity contribution in [3.63, 3.8) is 0 Å². The minimum absolute atomic E-state index is 0.0392. The van der Waals surface area contributed by atoms with Crippen molar-refractivity contribution in [1.29, 1.82) is 0 Å². The smallest absolute Gasteiger partial charge is 0.306 e. The monoisotopic (exact) mass is 409 g/mol. The molecule has 1 atom stereocenters. The van der Waals surface area contributed by atoms with Crippen LogP contribution in [0.2, 0.25) is 5.02 Å². The number of benzene rings is 2. The second kappa shape index (κ2) is 9.94. The second-order valence-corrected chi connectivity index (χ2v) is 6.37. The van der Waals surface area contributed by atoms with E-state index in [-0.39, 0.29) is 17.1 Å². The van der Waals surface area contributed by atoms with Crippen molar-refractivity contribution in [2.75, 3.05) is 19.5 Å². The largest absolute Gasteiger partial charge is 0.493 e. The zero-order valence-electron chi connectivity index (χ0n) is 15.8. The number of hydrogen-bond acceptors (Lipinski definition) is 5. The average Bonchev–Trinajstić information content (AvgIpc) is 2.68. The fourth-order valence-corrected chi connectivity index (χ4v) is 2.58. The topological polar surface area (TPSA) is 73.9 Å². The summed E-state index contributed by atoms with van der Waals surface area (Å²) in [6.45, 7) is 1.41. The minimum Gasteiger partial charge on any atom is -0.493 e. The van der Waals surface area contributed by atoms with E-state index in [0.717, 1.165) is 11.6 Å². The van der Waals surface area contributed by atoms with Crippen molar-refractivity contribution in [2.24, 2.45) is 0 Å². The van der Waals surface area contributed by atoms with Crippen LogP contribution < -0.4 is 14.8 Å². The summed E-state index contributed by atoms with van der Waals surface area (Å²) in [5.41, 5.74) is 0.817. The number of ether oxygens (including phenoxy) is 3. The minimum atomic E-state index is -1.08. The van der Waals surface area contributed by atoms with E-state index in [9.17, 15) is 14.0 Å².